The fraction of sp³-hybridized carbons (Fsp3) is 1.00. The highest BCUT2D eigenvalue weighted by Crippen LogP contribution is 2.03. The molecule has 2 nitrogen and oxygen atoms in total. The molecule has 41 valence electrons. The minimum Gasteiger partial charge on any atom is -0.380 e. The summed E-state index contributed by atoms with van der Waals surface area (Å²) in [5, 5.41) is 0. The standard InChI is InChI=1S/C5H10NO/c6-5-2-1-3-7-4-5/h5-6H,1-4H2. The lowest BCUT2D eigenvalue weighted by Gasteiger charge is -2.15. The van der Waals surface area contributed by atoms with Crippen molar-refractivity contribution in [3.05, 3.63) is 0 Å². The average Bonchev–Trinajstić information content (AvgIpc) is 1.69. The molecule has 7 heavy (non-hydrogen) atoms. The number of hydrogen-bond donors (Lipinski definition) is 0. The highest BCUT2D eigenvalue weighted by molar-refractivity contribution is 4.62. The molecule has 0 aromatic heterocycles. The van der Waals surface area contributed by atoms with Gasteiger partial charge in [0.05, 0.1) is 6.61 Å². The molecule has 1 atom stereocenters. The monoisotopic (exact) mass is 100 g/mol. The highest BCUT2D eigenvalue weighted by atomic mass is 16.5. The van der Waals surface area contributed by atoms with Crippen LogP contribution in [-0.2, 0) is 4.74 Å². The van der Waals surface area contributed by atoms with Crippen LogP contribution in [0.1, 0.15) is 12.8 Å². The van der Waals surface area contributed by atoms with Crippen molar-refractivity contribution in [3.8, 4) is 0 Å². The molecule has 1 saturated heterocycles. The van der Waals surface area contributed by atoms with E-state index in [0.29, 0.717) is 6.61 Å². The Labute approximate surface area is 43.6 Å². The first-order chi connectivity index (χ1) is 3.39. The van der Waals surface area contributed by atoms with E-state index in [-0.39, 0.29) is 6.04 Å². The van der Waals surface area contributed by atoms with Gasteiger partial charge in [-0.25, -0.2) is 0 Å². The summed E-state index contributed by atoms with van der Waals surface area (Å²) in [6.45, 7) is 1.52. The third-order valence-electron chi connectivity index (χ3n) is 1.16. The van der Waals surface area contributed by atoms with Crippen molar-refractivity contribution in [2.45, 2.75) is 18.9 Å². The topological polar surface area (TPSA) is 33.0 Å². The lowest BCUT2D eigenvalue weighted by atomic mass is 10.1. The molecule has 1 aliphatic heterocycles. The van der Waals surface area contributed by atoms with Gasteiger partial charge >= 0.3 is 0 Å². The molecule has 0 amide bonds. The Balaban J connectivity index is 2.12. The van der Waals surface area contributed by atoms with Gasteiger partial charge in [0, 0.05) is 12.6 Å². The normalized spacial score (nSPS) is 33.0. The van der Waals surface area contributed by atoms with E-state index in [0.717, 1.165) is 19.4 Å². The maximum absolute atomic E-state index is 7.15. The van der Waals surface area contributed by atoms with E-state index in [1.54, 1.807) is 0 Å². The molecule has 0 aromatic carbocycles. The number of rotatable bonds is 0. The third-order valence-corrected chi connectivity index (χ3v) is 1.16. The highest BCUT2D eigenvalue weighted by Gasteiger charge is 2.07. The van der Waals surface area contributed by atoms with Crippen molar-refractivity contribution in [2.75, 3.05) is 13.2 Å². The lowest BCUT2D eigenvalue weighted by molar-refractivity contribution is 0.0802. The smallest absolute Gasteiger partial charge is 0.0633 e. The van der Waals surface area contributed by atoms with Crippen LogP contribution in [0.25, 0.3) is 0 Å². The van der Waals surface area contributed by atoms with Gasteiger partial charge in [0.25, 0.3) is 0 Å². The Morgan fingerprint density at radius 2 is 2.43 bits per heavy atom. The quantitative estimate of drug-likeness (QED) is 0.435. The first-order valence-corrected chi connectivity index (χ1v) is 2.68. The summed E-state index contributed by atoms with van der Waals surface area (Å²) in [5.74, 6) is 0. The summed E-state index contributed by atoms with van der Waals surface area (Å²) >= 11 is 0. The number of nitrogens with one attached hydrogen (secondary N) is 1. The fourth-order valence-corrected chi connectivity index (χ4v) is 0.741. The Hall–Kier alpha value is -0.0800. The van der Waals surface area contributed by atoms with Crippen LogP contribution in [0.2, 0.25) is 0 Å². The molecule has 0 aliphatic carbocycles. The molecule has 1 fully saturated rings. The zero-order valence-electron chi connectivity index (χ0n) is 4.31. The van der Waals surface area contributed by atoms with Crippen molar-refractivity contribution >= 4 is 0 Å². The maximum Gasteiger partial charge on any atom is 0.0633 e. The number of ether oxygens (including phenoxy) is 1. The Morgan fingerprint density at radius 3 is 2.71 bits per heavy atom. The van der Waals surface area contributed by atoms with Crippen LogP contribution < -0.4 is 5.73 Å². The Morgan fingerprint density at radius 1 is 1.57 bits per heavy atom. The van der Waals surface area contributed by atoms with E-state index in [4.69, 9.17) is 10.5 Å². The summed E-state index contributed by atoms with van der Waals surface area (Å²) < 4.78 is 4.99. The third kappa shape index (κ3) is 1.45. The van der Waals surface area contributed by atoms with Crippen molar-refractivity contribution in [1.82, 2.24) is 5.73 Å². The molecule has 1 heterocycles. The van der Waals surface area contributed by atoms with Crippen LogP contribution in [0.15, 0.2) is 0 Å². The van der Waals surface area contributed by atoms with Gasteiger partial charge in [0.1, 0.15) is 0 Å². The van der Waals surface area contributed by atoms with E-state index in [2.05, 4.69) is 0 Å². The molecule has 0 bridgehead atoms. The van der Waals surface area contributed by atoms with Gasteiger partial charge in [-0.3, -0.25) is 5.73 Å². The molecular weight excluding hydrogens is 90.1 g/mol. The van der Waals surface area contributed by atoms with Gasteiger partial charge in [-0.05, 0) is 12.8 Å². The molecule has 1 N–H and O–H groups in total. The molecule has 1 unspecified atom stereocenters. The van der Waals surface area contributed by atoms with Crippen molar-refractivity contribution < 1.29 is 4.74 Å². The van der Waals surface area contributed by atoms with Crippen LogP contribution in [0.5, 0.6) is 0 Å². The second-order valence-electron chi connectivity index (χ2n) is 1.91. The molecule has 1 rings (SSSR count). The summed E-state index contributed by atoms with van der Waals surface area (Å²) in [5.41, 5.74) is 7.15. The van der Waals surface area contributed by atoms with Gasteiger partial charge in [-0.1, -0.05) is 0 Å². The molecular formula is C5H10NO. The van der Waals surface area contributed by atoms with Crippen LogP contribution in [0, 0.1) is 0 Å². The van der Waals surface area contributed by atoms with Gasteiger partial charge in [0.2, 0.25) is 0 Å². The minimum absolute atomic E-state index is 0.0637. The Bertz CT molecular complexity index is 50.0. The zero-order chi connectivity index (χ0) is 5.11. The zero-order valence-corrected chi connectivity index (χ0v) is 4.31. The molecule has 0 aromatic rings. The first kappa shape index (κ1) is 5.06. The van der Waals surface area contributed by atoms with Gasteiger partial charge in [0.15, 0.2) is 0 Å². The first-order valence-electron chi connectivity index (χ1n) is 2.68. The second kappa shape index (κ2) is 2.28. The van der Waals surface area contributed by atoms with Crippen LogP contribution in [-0.4, -0.2) is 19.3 Å². The predicted molar refractivity (Wildman–Crippen MR) is 26.9 cm³/mol. The van der Waals surface area contributed by atoms with Crippen LogP contribution in [0.3, 0.4) is 0 Å². The summed E-state index contributed by atoms with van der Waals surface area (Å²) in [6.07, 6.45) is 2.11. The Kier molecular flexibility index (Phi) is 1.65. The molecule has 2 heteroatoms. The summed E-state index contributed by atoms with van der Waals surface area (Å²) in [4.78, 5) is 0. The van der Waals surface area contributed by atoms with E-state index >= 15 is 0 Å². The van der Waals surface area contributed by atoms with Gasteiger partial charge in [-0.15, -0.1) is 0 Å². The average molecular weight is 100 g/mol. The molecule has 1 aliphatic rings. The van der Waals surface area contributed by atoms with E-state index in [1.807, 2.05) is 0 Å². The van der Waals surface area contributed by atoms with E-state index in [1.165, 1.54) is 0 Å². The van der Waals surface area contributed by atoms with Crippen molar-refractivity contribution in [2.24, 2.45) is 0 Å². The van der Waals surface area contributed by atoms with Gasteiger partial charge < -0.3 is 4.74 Å². The maximum atomic E-state index is 7.15. The fourth-order valence-electron chi connectivity index (χ4n) is 0.741. The van der Waals surface area contributed by atoms with Crippen LogP contribution >= 0.6 is 0 Å². The molecule has 0 saturated carbocycles. The van der Waals surface area contributed by atoms with Crippen molar-refractivity contribution in [1.29, 1.82) is 0 Å². The van der Waals surface area contributed by atoms with Crippen LogP contribution in [0.4, 0.5) is 0 Å². The SMILES string of the molecule is [NH]C1CCCOC1. The summed E-state index contributed by atoms with van der Waals surface area (Å²) in [6, 6.07) is 0.0637. The molecule has 0 spiro atoms. The largest absolute Gasteiger partial charge is 0.380 e. The van der Waals surface area contributed by atoms with E-state index in [9.17, 15) is 0 Å². The minimum atomic E-state index is 0.0637. The van der Waals surface area contributed by atoms with E-state index < -0.39 is 0 Å². The van der Waals surface area contributed by atoms with Crippen molar-refractivity contribution in [3.63, 3.8) is 0 Å². The molecule has 1 radical (unpaired) electrons. The second-order valence-corrected chi connectivity index (χ2v) is 1.91. The lowest BCUT2D eigenvalue weighted by Crippen LogP contribution is -2.22. The number of hydrogen-bond acceptors (Lipinski definition) is 1. The summed E-state index contributed by atoms with van der Waals surface area (Å²) in [7, 11) is 0. The predicted octanol–water partition coefficient (Wildman–Crippen LogP) is 0.448. The van der Waals surface area contributed by atoms with Gasteiger partial charge in [-0.2, -0.15) is 0 Å².